The van der Waals surface area contributed by atoms with Crippen LogP contribution in [0.5, 0.6) is 5.88 Å². The van der Waals surface area contributed by atoms with Crippen LogP contribution >= 0.6 is 0 Å². The summed E-state index contributed by atoms with van der Waals surface area (Å²) in [6.45, 7) is 0.252. The number of hydrogen-bond acceptors (Lipinski definition) is 5. The lowest BCUT2D eigenvalue weighted by molar-refractivity contribution is 0.298. The van der Waals surface area contributed by atoms with Crippen molar-refractivity contribution in [3.05, 3.63) is 75.9 Å². The van der Waals surface area contributed by atoms with E-state index < -0.39 is 0 Å². The highest BCUT2D eigenvalue weighted by Crippen LogP contribution is 2.29. The quantitative estimate of drug-likeness (QED) is 0.529. The molecule has 2 heterocycles. The highest BCUT2D eigenvalue weighted by molar-refractivity contribution is 5.84. The smallest absolute Gasteiger partial charge is 0.336 e. The Labute approximate surface area is 149 Å². The Morgan fingerprint density at radius 1 is 1.00 bits per heavy atom. The van der Waals surface area contributed by atoms with Crippen LogP contribution < -0.4 is 10.4 Å². The minimum Gasteiger partial charge on any atom is -0.472 e. The SMILES string of the molecule is O=c1cc(COc2ncnc3ccccc23)c2cc3c(cc2o1)CCC3. The maximum atomic E-state index is 12.0. The molecular formula is C21H16N2O3. The molecule has 1 aliphatic carbocycles. The average molecular weight is 344 g/mol. The molecule has 0 saturated heterocycles. The molecule has 0 saturated carbocycles. The van der Waals surface area contributed by atoms with Gasteiger partial charge in [-0.15, -0.1) is 0 Å². The zero-order valence-electron chi connectivity index (χ0n) is 14.1. The molecule has 0 radical (unpaired) electrons. The van der Waals surface area contributed by atoms with E-state index in [1.807, 2.05) is 30.3 Å². The van der Waals surface area contributed by atoms with E-state index in [0.29, 0.717) is 11.5 Å². The summed E-state index contributed by atoms with van der Waals surface area (Å²) in [5.41, 5.74) is 4.52. The molecule has 0 aliphatic heterocycles. The second-order valence-electron chi connectivity index (χ2n) is 6.55. The van der Waals surface area contributed by atoms with E-state index in [4.69, 9.17) is 9.15 Å². The topological polar surface area (TPSA) is 65.2 Å². The van der Waals surface area contributed by atoms with Gasteiger partial charge in [0, 0.05) is 17.0 Å². The normalized spacial score (nSPS) is 13.2. The second kappa shape index (κ2) is 5.95. The first-order chi connectivity index (χ1) is 12.8. The maximum absolute atomic E-state index is 12.0. The van der Waals surface area contributed by atoms with Gasteiger partial charge in [0.2, 0.25) is 5.88 Å². The molecule has 26 heavy (non-hydrogen) atoms. The molecule has 1 aliphatic rings. The molecule has 0 bridgehead atoms. The molecule has 5 heteroatoms. The molecular weight excluding hydrogens is 328 g/mol. The molecule has 0 amide bonds. The van der Waals surface area contributed by atoms with Gasteiger partial charge in [0.05, 0.1) is 10.9 Å². The monoisotopic (exact) mass is 344 g/mol. The molecule has 0 fully saturated rings. The minimum absolute atomic E-state index is 0.252. The van der Waals surface area contributed by atoms with E-state index in [2.05, 4.69) is 16.0 Å². The minimum atomic E-state index is -0.360. The van der Waals surface area contributed by atoms with Gasteiger partial charge in [0.1, 0.15) is 18.5 Å². The van der Waals surface area contributed by atoms with Gasteiger partial charge >= 0.3 is 5.63 Å². The first kappa shape index (κ1) is 15.1. The zero-order valence-corrected chi connectivity index (χ0v) is 14.1. The maximum Gasteiger partial charge on any atom is 0.336 e. The van der Waals surface area contributed by atoms with E-state index >= 15 is 0 Å². The Kier molecular flexibility index (Phi) is 3.45. The zero-order chi connectivity index (χ0) is 17.5. The largest absolute Gasteiger partial charge is 0.472 e. The van der Waals surface area contributed by atoms with Gasteiger partial charge < -0.3 is 9.15 Å². The summed E-state index contributed by atoms with van der Waals surface area (Å²) < 4.78 is 11.4. The predicted molar refractivity (Wildman–Crippen MR) is 98.4 cm³/mol. The van der Waals surface area contributed by atoms with Gasteiger partial charge in [-0.2, -0.15) is 0 Å². The summed E-state index contributed by atoms with van der Waals surface area (Å²) in [6, 6.07) is 13.3. The highest BCUT2D eigenvalue weighted by Gasteiger charge is 2.15. The van der Waals surface area contributed by atoms with Crippen molar-refractivity contribution in [2.75, 3.05) is 0 Å². The van der Waals surface area contributed by atoms with Crippen LogP contribution in [-0.2, 0) is 19.4 Å². The fourth-order valence-corrected chi connectivity index (χ4v) is 3.66. The van der Waals surface area contributed by atoms with E-state index in [0.717, 1.165) is 41.1 Å². The number of ether oxygens (including phenoxy) is 1. The Bertz CT molecular complexity index is 1190. The summed E-state index contributed by atoms with van der Waals surface area (Å²) >= 11 is 0. The molecule has 4 aromatic rings. The first-order valence-corrected chi connectivity index (χ1v) is 8.69. The molecule has 0 unspecified atom stereocenters. The molecule has 2 aromatic heterocycles. The fraction of sp³-hybridized carbons (Fsp3) is 0.190. The third-order valence-electron chi connectivity index (χ3n) is 4.91. The summed E-state index contributed by atoms with van der Waals surface area (Å²) in [7, 11) is 0. The number of aromatic nitrogens is 2. The third kappa shape index (κ3) is 2.52. The van der Waals surface area contributed by atoms with Crippen LogP contribution in [0.4, 0.5) is 0 Å². The number of fused-ring (bicyclic) bond motifs is 3. The molecule has 0 spiro atoms. The number of para-hydroxylation sites is 1. The lowest BCUT2D eigenvalue weighted by atomic mass is 10.0. The lowest BCUT2D eigenvalue weighted by Gasteiger charge is -2.10. The Morgan fingerprint density at radius 3 is 2.77 bits per heavy atom. The molecule has 2 aromatic carbocycles. The first-order valence-electron chi connectivity index (χ1n) is 8.69. The van der Waals surface area contributed by atoms with Crippen LogP contribution in [0, 0.1) is 0 Å². The number of rotatable bonds is 3. The number of hydrogen-bond donors (Lipinski definition) is 0. The fourth-order valence-electron chi connectivity index (χ4n) is 3.66. The van der Waals surface area contributed by atoms with Crippen molar-refractivity contribution in [3.63, 3.8) is 0 Å². The van der Waals surface area contributed by atoms with Crippen molar-refractivity contribution < 1.29 is 9.15 Å². The summed E-state index contributed by atoms with van der Waals surface area (Å²) in [5.74, 6) is 0.512. The molecule has 5 rings (SSSR count). The number of aryl methyl sites for hydroxylation is 2. The Balaban J connectivity index is 1.56. The number of nitrogens with zero attached hydrogens (tertiary/aromatic N) is 2. The van der Waals surface area contributed by atoms with Crippen LogP contribution in [0.3, 0.4) is 0 Å². The van der Waals surface area contributed by atoms with Gasteiger partial charge in [-0.25, -0.2) is 14.8 Å². The van der Waals surface area contributed by atoms with Crippen molar-refractivity contribution in [3.8, 4) is 5.88 Å². The van der Waals surface area contributed by atoms with Gasteiger partial charge in [0.15, 0.2) is 0 Å². The molecule has 0 N–H and O–H groups in total. The van der Waals surface area contributed by atoms with Crippen molar-refractivity contribution in [1.29, 1.82) is 0 Å². The summed E-state index contributed by atoms with van der Waals surface area (Å²) in [4.78, 5) is 20.5. The second-order valence-corrected chi connectivity index (χ2v) is 6.55. The van der Waals surface area contributed by atoms with Crippen molar-refractivity contribution in [1.82, 2.24) is 9.97 Å². The Hall–Kier alpha value is -3.21. The van der Waals surface area contributed by atoms with E-state index in [9.17, 15) is 4.79 Å². The van der Waals surface area contributed by atoms with Gasteiger partial charge in [-0.1, -0.05) is 12.1 Å². The van der Waals surface area contributed by atoms with Crippen LogP contribution in [-0.4, -0.2) is 9.97 Å². The highest BCUT2D eigenvalue weighted by atomic mass is 16.5. The summed E-state index contributed by atoms with van der Waals surface area (Å²) in [6.07, 6.45) is 4.75. The third-order valence-corrected chi connectivity index (χ3v) is 4.91. The van der Waals surface area contributed by atoms with Gasteiger partial charge in [-0.3, -0.25) is 0 Å². The van der Waals surface area contributed by atoms with E-state index in [-0.39, 0.29) is 12.2 Å². The number of benzene rings is 2. The standard InChI is InChI=1S/C21H16N2O3/c24-20-10-15(17-8-13-4-3-5-14(13)9-19(17)26-20)11-25-21-16-6-1-2-7-18(16)22-12-23-21/h1-2,6-10,12H,3-5,11H2. The van der Waals surface area contributed by atoms with Crippen LogP contribution in [0.2, 0.25) is 0 Å². The van der Waals surface area contributed by atoms with Gasteiger partial charge in [-0.05, 0) is 54.7 Å². The molecule has 0 atom stereocenters. The predicted octanol–water partition coefficient (Wildman–Crippen LogP) is 3.80. The lowest BCUT2D eigenvalue weighted by Crippen LogP contribution is -2.05. The van der Waals surface area contributed by atoms with Crippen LogP contribution in [0.15, 0.2) is 58.0 Å². The van der Waals surface area contributed by atoms with Crippen molar-refractivity contribution in [2.45, 2.75) is 25.9 Å². The summed E-state index contributed by atoms with van der Waals surface area (Å²) in [5, 5.41) is 1.78. The molecule has 128 valence electrons. The Morgan fingerprint density at radius 2 is 1.85 bits per heavy atom. The van der Waals surface area contributed by atoms with Gasteiger partial charge in [0.25, 0.3) is 0 Å². The van der Waals surface area contributed by atoms with E-state index in [1.54, 1.807) is 0 Å². The van der Waals surface area contributed by atoms with Crippen LogP contribution in [0.25, 0.3) is 21.9 Å². The van der Waals surface area contributed by atoms with Crippen molar-refractivity contribution >= 4 is 21.9 Å². The van der Waals surface area contributed by atoms with Crippen LogP contribution in [0.1, 0.15) is 23.1 Å². The van der Waals surface area contributed by atoms with E-state index in [1.165, 1.54) is 23.5 Å². The molecule has 5 nitrogen and oxygen atoms in total. The average Bonchev–Trinajstić information content (AvgIpc) is 3.11. The van der Waals surface area contributed by atoms with Crippen molar-refractivity contribution in [2.24, 2.45) is 0 Å².